The first-order chi connectivity index (χ1) is 18.5. The highest BCUT2D eigenvalue weighted by molar-refractivity contribution is 6.01. The molecular weight excluding hydrogens is 487 g/mol. The molecular formula is C30H31FN2O5. The summed E-state index contributed by atoms with van der Waals surface area (Å²) in [6.45, 7) is 4.55. The largest absolute Gasteiger partial charge is 0.497 e. The molecule has 0 fully saturated rings. The van der Waals surface area contributed by atoms with Gasteiger partial charge in [0.1, 0.15) is 17.3 Å². The molecule has 2 N–H and O–H groups in total. The molecule has 7 nitrogen and oxygen atoms in total. The van der Waals surface area contributed by atoms with Gasteiger partial charge in [0, 0.05) is 31.6 Å². The van der Waals surface area contributed by atoms with Crippen LogP contribution in [-0.2, 0) is 16.1 Å². The van der Waals surface area contributed by atoms with Crippen molar-refractivity contribution in [2.75, 3.05) is 20.3 Å². The second-order valence-corrected chi connectivity index (χ2v) is 8.87. The van der Waals surface area contributed by atoms with Gasteiger partial charge in [0.05, 0.1) is 13.7 Å². The van der Waals surface area contributed by atoms with Crippen molar-refractivity contribution in [1.29, 1.82) is 0 Å². The third kappa shape index (κ3) is 6.03. The maximum absolute atomic E-state index is 13.8. The van der Waals surface area contributed by atoms with Gasteiger partial charge in [-0.15, -0.1) is 6.58 Å². The Labute approximate surface area is 221 Å². The summed E-state index contributed by atoms with van der Waals surface area (Å²) in [5.74, 6) is 0.916. The monoisotopic (exact) mass is 518 g/mol. The maximum Gasteiger partial charge on any atom is 0.252 e. The number of carbonyl (C=O) groups excluding carboxylic acids is 1. The molecule has 198 valence electrons. The van der Waals surface area contributed by atoms with Gasteiger partial charge in [0.25, 0.3) is 5.91 Å². The van der Waals surface area contributed by atoms with Gasteiger partial charge in [-0.3, -0.25) is 4.79 Å². The van der Waals surface area contributed by atoms with E-state index in [4.69, 9.17) is 24.3 Å². The molecule has 0 unspecified atom stereocenters. The molecule has 1 heterocycles. The lowest BCUT2D eigenvalue weighted by molar-refractivity contribution is -0.129. The number of hydrogen-bond acceptors (Lipinski definition) is 6. The molecule has 1 aliphatic rings. The molecule has 0 saturated carbocycles. The molecule has 0 aliphatic carbocycles. The summed E-state index contributed by atoms with van der Waals surface area (Å²) in [6.07, 6.45) is 1.66. The highest BCUT2D eigenvalue weighted by Gasteiger charge is 2.52. The van der Waals surface area contributed by atoms with E-state index in [9.17, 15) is 9.18 Å². The van der Waals surface area contributed by atoms with E-state index in [1.165, 1.54) is 12.1 Å². The van der Waals surface area contributed by atoms with E-state index in [1.54, 1.807) is 37.5 Å². The van der Waals surface area contributed by atoms with Crippen molar-refractivity contribution in [2.24, 2.45) is 4.99 Å². The minimum absolute atomic E-state index is 0.0585. The molecule has 3 aromatic rings. The molecule has 1 amide bonds. The predicted octanol–water partition coefficient (Wildman–Crippen LogP) is 4.74. The lowest BCUT2D eigenvalue weighted by Crippen LogP contribution is -2.47. The Morgan fingerprint density at radius 3 is 2.61 bits per heavy atom. The predicted molar refractivity (Wildman–Crippen MR) is 143 cm³/mol. The van der Waals surface area contributed by atoms with Crippen LogP contribution in [0.25, 0.3) is 0 Å². The molecule has 0 radical (unpaired) electrons. The summed E-state index contributed by atoms with van der Waals surface area (Å²) >= 11 is 0. The Bertz CT molecular complexity index is 1280. The van der Waals surface area contributed by atoms with Crippen molar-refractivity contribution in [2.45, 2.75) is 31.0 Å². The summed E-state index contributed by atoms with van der Waals surface area (Å²) in [7, 11) is 1.58. The number of benzene rings is 3. The van der Waals surface area contributed by atoms with Crippen LogP contribution in [0.5, 0.6) is 11.5 Å². The average Bonchev–Trinajstić information content (AvgIpc) is 3.34. The topological polar surface area (TPSA) is 89.4 Å². The Morgan fingerprint density at radius 2 is 1.92 bits per heavy atom. The Morgan fingerprint density at radius 1 is 1.16 bits per heavy atom. The number of halogens is 1. The summed E-state index contributed by atoms with van der Waals surface area (Å²) in [4.78, 5) is 18.7. The van der Waals surface area contributed by atoms with Crippen LogP contribution >= 0.6 is 0 Å². The highest BCUT2D eigenvalue weighted by Crippen LogP contribution is 2.43. The fourth-order valence-electron chi connectivity index (χ4n) is 4.28. The van der Waals surface area contributed by atoms with Gasteiger partial charge in [-0.25, -0.2) is 9.38 Å². The summed E-state index contributed by atoms with van der Waals surface area (Å²) in [6, 6.07) is 20.5. The Balaban J connectivity index is 1.67. The maximum atomic E-state index is 13.8. The number of hydrogen-bond donors (Lipinski definition) is 2. The lowest BCUT2D eigenvalue weighted by Gasteiger charge is -2.30. The SMILES string of the molecule is C=CC[C@@]1(C(=O)NCc2ccc(F)cc2)N=C(c2ccc(OCCCO)cc2)O[C@@H]1c1cccc(OC)c1. The number of nitrogens with one attached hydrogen (secondary N) is 1. The number of amides is 1. The van der Waals surface area contributed by atoms with Crippen LogP contribution in [0, 0.1) is 5.82 Å². The number of aliphatic imine (C=N–C) groups is 1. The van der Waals surface area contributed by atoms with Crippen LogP contribution in [0.3, 0.4) is 0 Å². The minimum Gasteiger partial charge on any atom is -0.497 e. The second kappa shape index (κ2) is 12.4. The van der Waals surface area contributed by atoms with E-state index in [0.717, 1.165) is 11.1 Å². The molecule has 0 bridgehead atoms. The first-order valence-corrected chi connectivity index (χ1v) is 12.4. The van der Waals surface area contributed by atoms with Crippen LogP contribution in [0.4, 0.5) is 4.39 Å². The third-order valence-electron chi connectivity index (χ3n) is 6.25. The van der Waals surface area contributed by atoms with Gasteiger partial charge in [0.2, 0.25) is 5.90 Å². The fraction of sp³-hybridized carbons (Fsp3) is 0.267. The van der Waals surface area contributed by atoms with Crippen molar-refractivity contribution < 1.29 is 28.5 Å². The van der Waals surface area contributed by atoms with E-state index in [1.807, 2.05) is 36.4 Å². The number of nitrogens with zero attached hydrogens (tertiary/aromatic N) is 1. The minimum atomic E-state index is -1.33. The molecule has 4 rings (SSSR count). The summed E-state index contributed by atoms with van der Waals surface area (Å²) < 4.78 is 30.8. The zero-order valence-corrected chi connectivity index (χ0v) is 21.2. The molecule has 3 aromatic carbocycles. The van der Waals surface area contributed by atoms with Crippen LogP contribution in [-0.4, -0.2) is 42.8 Å². The van der Waals surface area contributed by atoms with Crippen molar-refractivity contribution in [3.63, 3.8) is 0 Å². The van der Waals surface area contributed by atoms with Crippen molar-refractivity contribution >= 4 is 11.8 Å². The normalized spacial score (nSPS) is 18.3. The van der Waals surface area contributed by atoms with Gasteiger partial charge in [0.15, 0.2) is 11.6 Å². The van der Waals surface area contributed by atoms with Crippen LogP contribution in [0.1, 0.15) is 35.6 Å². The third-order valence-corrected chi connectivity index (χ3v) is 6.25. The Hall–Kier alpha value is -4.17. The second-order valence-electron chi connectivity index (χ2n) is 8.87. The van der Waals surface area contributed by atoms with Gasteiger partial charge in [-0.05, 0) is 59.7 Å². The smallest absolute Gasteiger partial charge is 0.252 e. The van der Waals surface area contributed by atoms with Gasteiger partial charge < -0.3 is 24.6 Å². The Kier molecular flexibility index (Phi) is 8.76. The van der Waals surface area contributed by atoms with Crippen LogP contribution < -0.4 is 14.8 Å². The summed E-state index contributed by atoms with van der Waals surface area (Å²) in [5.41, 5.74) is 0.835. The molecule has 0 spiro atoms. The molecule has 0 saturated heterocycles. The van der Waals surface area contributed by atoms with Crippen molar-refractivity contribution in [3.8, 4) is 11.5 Å². The number of rotatable bonds is 12. The van der Waals surface area contributed by atoms with Crippen molar-refractivity contribution in [3.05, 3.63) is 108 Å². The zero-order chi connectivity index (χ0) is 27.0. The van der Waals surface area contributed by atoms with Gasteiger partial charge >= 0.3 is 0 Å². The summed E-state index contributed by atoms with van der Waals surface area (Å²) in [5, 5.41) is 11.9. The van der Waals surface area contributed by atoms with Gasteiger partial charge in [-0.2, -0.15) is 0 Å². The number of ether oxygens (including phenoxy) is 3. The van der Waals surface area contributed by atoms with E-state index in [0.29, 0.717) is 36.0 Å². The lowest BCUT2D eigenvalue weighted by atomic mass is 9.84. The van der Waals surface area contributed by atoms with Gasteiger partial charge in [-0.1, -0.05) is 30.3 Å². The number of methoxy groups -OCH3 is 1. The quantitative estimate of drug-likeness (QED) is 0.267. The molecule has 0 aromatic heterocycles. The molecule has 1 aliphatic heterocycles. The van der Waals surface area contributed by atoms with E-state index >= 15 is 0 Å². The zero-order valence-electron chi connectivity index (χ0n) is 21.2. The first-order valence-electron chi connectivity index (χ1n) is 12.4. The molecule has 8 heteroatoms. The fourth-order valence-corrected chi connectivity index (χ4v) is 4.28. The molecule has 2 atom stereocenters. The van der Waals surface area contributed by atoms with Crippen molar-refractivity contribution in [1.82, 2.24) is 5.32 Å². The number of aliphatic hydroxyl groups is 1. The van der Waals surface area contributed by atoms with E-state index in [-0.39, 0.29) is 31.3 Å². The number of carbonyl (C=O) groups is 1. The highest BCUT2D eigenvalue weighted by atomic mass is 19.1. The first kappa shape index (κ1) is 26.9. The van der Waals surface area contributed by atoms with E-state index in [2.05, 4.69) is 11.9 Å². The van der Waals surface area contributed by atoms with Crippen LogP contribution in [0.15, 0.2) is 90.4 Å². The standard InChI is InChI=1S/C30H31FN2O5/c1-3-16-30(29(35)32-20-21-8-12-24(31)13-9-21)27(23-6-4-7-26(19-23)36-2)38-28(33-30)22-10-14-25(15-11-22)37-18-5-17-34/h3-4,6-15,19,27,34H,1,5,16-18,20H2,2H3,(H,32,35)/t27-,30-/m1/s1. The van der Waals surface area contributed by atoms with E-state index < -0.39 is 11.6 Å². The number of aliphatic hydroxyl groups excluding tert-OH is 1. The molecule has 38 heavy (non-hydrogen) atoms. The van der Waals surface area contributed by atoms with Crippen LogP contribution in [0.2, 0.25) is 0 Å². The average molecular weight is 519 g/mol.